The number of rotatable bonds is 7. The van der Waals surface area contributed by atoms with Crippen molar-refractivity contribution < 1.29 is 28.4 Å². The third-order valence-corrected chi connectivity index (χ3v) is 5.64. The lowest BCUT2D eigenvalue weighted by Crippen LogP contribution is -2.46. The van der Waals surface area contributed by atoms with Crippen molar-refractivity contribution in [3.63, 3.8) is 0 Å². The fourth-order valence-corrected chi connectivity index (χ4v) is 3.88. The summed E-state index contributed by atoms with van der Waals surface area (Å²) < 4.78 is 26.4. The van der Waals surface area contributed by atoms with Crippen LogP contribution in [0, 0.1) is 0 Å². The number of hydrogen-bond donors (Lipinski definition) is 3. The van der Waals surface area contributed by atoms with E-state index >= 15 is 0 Å². The molecular formula is C27H32N2O6S. The quantitative estimate of drug-likeness (QED) is 0.358. The second-order valence-electron chi connectivity index (χ2n) is 8.40. The van der Waals surface area contributed by atoms with Gasteiger partial charge in [-0.25, -0.2) is 13.8 Å². The Morgan fingerprint density at radius 2 is 1.56 bits per heavy atom. The van der Waals surface area contributed by atoms with Crippen molar-refractivity contribution in [2.24, 2.45) is 0 Å². The number of aromatic carboxylic acids is 1. The molecule has 0 radical (unpaired) electrons. The Bertz CT molecular complexity index is 1220. The number of nitrogens with one attached hydrogen (secondary N) is 2. The summed E-state index contributed by atoms with van der Waals surface area (Å²) in [5, 5.41) is 12.0. The van der Waals surface area contributed by atoms with Gasteiger partial charge in [-0.15, -0.1) is 0 Å². The number of carbonyl (C=O) groups excluding carboxylic acids is 1. The average molecular weight is 513 g/mol. The molecule has 9 heteroatoms. The van der Waals surface area contributed by atoms with Gasteiger partial charge in [0.1, 0.15) is 22.1 Å². The first kappa shape index (κ1) is 28.4. The van der Waals surface area contributed by atoms with Crippen LogP contribution >= 0.6 is 0 Å². The van der Waals surface area contributed by atoms with Crippen LogP contribution in [0.3, 0.4) is 0 Å². The summed E-state index contributed by atoms with van der Waals surface area (Å²) in [6.07, 6.45) is 0. The van der Waals surface area contributed by atoms with Gasteiger partial charge in [-0.3, -0.25) is 4.72 Å². The number of carboxylic acid groups (broad SMARTS) is 1. The maximum Gasteiger partial charge on any atom is 0.335 e. The number of urea groups is 1. The van der Waals surface area contributed by atoms with Gasteiger partial charge in [-0.2, -0.15) is 0 Å². The highest BCUT2D eigenvalue weighted by molar-refractivity contribution is 7.83. The summed E-state index contributed by atoms with van der Waals surface area (Å²) in [4.78, 5) is 23.7. The first-order valence-electron chi connectivity index (χ1n) is 11.4. The zero-order valence-electron chi connectivity index (χ0n) is 21.2. The summed E-state index contributed by atoms with van der Waals surface area (Å²) in [5.74, 6) is 0.162. The molecule has 2 amide bonds. The molecule has 8 nitrogen and oxygen atoms in total. The van der Waals surface area contributed by atoms with Gasteiger partial charge in [0.2, 0.25) is 0 Å². The lowest BCUT2D eigenvalue weighted by atomic mass is 10.1. The van der Waals surface area contributed by atoms with Crippen LogP contribution in [-0.4, -0.2) is 34.0 Å². The van der Waals surface area contributed by atoms with Crippen molar-refractivity contribution in [2.45, 2.75) is 45.1 Å². The number of amides is 2. The van der Waals surface area contributed by atoms with Gasteiger partial charge in [0.05, 0.1) is 12.7 Å². The molecule has 0 spiro atoms. The van der Waals surface area contributed by atoms with E-state index in [2.05, 4.69) is 10.0 Å². The molecule has 0 heterocycles. The Hall–Kier alpha value is -3.85. The molecule has 1 atom stereocenters. The van der Waals surface area contributed by atoms with Crippen LogP contribution in [0.4, 0.5) is 4.79 Å². The standard InChI is InChI=1S/C25H26N2O6S.C2H6/c1-25(2,3)26-24(30)27-34(31)22-15-18(23(28)29)10-13-21(22)33-20-7-5-6-17(14-20)16-8-11-19(32-4)12-9-16;1-2/h5-15H,1-4H3,(H,28,29)(H2,26,27,30);1-2H3. The molecule has 192 valence electrons. The number of methoxy groups -OCH3 is 1. The van der Waals surface area contributed by atoms with E-state index in [1.165, 1.54) is 18.2 Å². The van der Waals surface area contributed by atoms with Crippen LogP contribution in [0.2, 0.25) is 0 Å². The molecule has 3 rings (SSSR count). The molecule has 0 fully saturated rings. The van der Waals surface area contributed by atoms with Crippen LogP contribution in [0.25, 0.3) is 11.1 Å². The minimum absolute atomic E-state index is 0.0267. The van der Waals surface area contributed by atoms with Crippen LogP contribution in [-0.2, 0) is 11.0 Å². The monoisotopic (exact) mass is 512 g/mol. The SMILES string of the molecule is CC.COc1ccc(-c2cccc(Oc3ccc(C(=O)O)cc3S(=O)NC(=O)NC(C)(C)C)c2)cc1. The van der Waals surface area contributed by atoms with Gasteiger partial charge in [-0.05, 0) is 74.4 Å². The molecule has 0 aromatic heterocycles. The Balaban J connectivity index is 0.00000222. The van der Waals surface area contributed by atoms with Crippen LogP contribution in [0.15, 0.2) is 71.6 Å². The maximum absolute atomic E-state index is 12.9. The topological polar surface area (TPSA) is 114 Å². The summed E-state index contributed by atoms with van der Waals surface area (Å²) in [7, 11) is -0.470. The van der Waals surface area contributed by atoms with E-state index in [4.69, 9.17) is 9.47 Å². The van der Waals surface area contributed by atoms with E-state index in [1.807, 2.05) is 50.2 Å². The van der Waals surface area contributed by atoms with Crippen molar-refractivity contribution in [1.29, 1.82) is 0 Å². The zero-order valence-corrected chi connectivity index (χ0v) is 22.1. The first-order chi connectivity index (χ1) is 17.1. The first-order valence-corrected chi connectivity index (χ1v) is 12.5. The number of ether oxygens (including phenoxy) is 2. The van der Waals surface area contributed by atoms with Gasteiger partial charge in [0.15, 0.2) is 11.0 Å². The molecule has 3 aromatic carbocycles. The molecule has 0 bridgehead atoms. The summed E-state index contributed by atoms with van der Waals surface area (Å²) in [6, 6.07) is 18.1. The Labute approximate surface area is 214 Å². The van der Waals surface area contributed by atoms with Gasteiger partial charge < -0.3 is 19.9 Å². The Morgan fingerprint density at radius 1 is 0.889 bits per heavy atom. The minimum Gasteiger partial charge on any atom is -0.497 e. The van der Waals surface area contributed by atoms with E-state index in [9.17, 15) is 18.9 Å². The predicted molar refractivity (Wildman–Crippen MR) is 141 cm³/mol. The lowest BCUT2D eigenvalue weighted by Gasteiger charge is -2.20. The Morgan fingerprint density at radius 3 is 2.14 bits per heavy atom. The molecule has 0 saturated carbocycles. The Kier molecular flexibility index (Phi) is 10.0. The molecule has 3 N–H and O–H groups in total. The lowest BCUT2D eigenvalue weighted by molar-refractivity contribution is 0.0696. The number of hydrogen-bond acceptors (Lipinski definition) is 5. The molecule has 1 unspecified atom stereocenters. The molecule has 0 aliphatic heterocycles. The normalized spacial score (nSPS) is 11.4. The summed E-state index contributed by atoms with van der Waals surface area (Å²) >= 11 is 0. The second kappa shape index (κ2) is 12.7. The van der Waals surface area contributed by atoms with Gasteiger partial charge >= 0.3 is 12.0 Å². The molecule has 3 aromatic rings. The van der Waals surface area contributed by atoms with Crippen molar-refractivity contribution in [2.75, 3.05) is 7.11 Å². The third kappa shape index (κ3) is 8.13. The molecule has 0 aliphatic rings. The highest BCUT2D eigenvalue weighted by Crippen LogP contribution is 2.32. The van der Waals surface area contributed by atoms with Crippen LogP contribution < -0.4 is 19.5 Å². The minimum atomic E-state index is -2.07. The third-order valence-electron chi connectivity index (χ3n) is 4.55. The molecular weight excluding hydrogens is 480 g/mol. The summed E-state index contributed by atoms with van der Waals surface area (Å²) in [6.45, 7) is 9.35. The average Bonchev–Trinajstić information content (AvgIpc) is 2.84. The smallest absolute Gasteiger partial charge is 0.335 e. The van der Waals surface area contributed by atoms with Crippen molar-refractivity contribution in [1.82, 2.24) is 10.0 Å². The van der Waals surface area contributed by atoms with Crippen molar-refractivity contribution >= 4 is 23.0 Å². The van der Waals surface area contributed by atoms with E-state index in [-0.39, 0.29) is 16.2 Å². The van der Waals surface area contributed by atoms with Crippen molar-refractivity contribution in [3.05, 3.63) is 72.3 Å². The highest BCUT2D eigenvalue weighted by Gasteiger charge is 2.20. The summed E-state index contributed by atoms with van der Waals surface area (Å²) in [5.41, 5.74) is 1.20. The van der Waals surface area contributed by atoms with Crippen LogP contribution in [0.5, 0.6) is 17.2 Å². The van der Waals surface area contributed by atoms with E-state index in [0.717, 1.165) is 16.9 Å². The predicted octanol–water partition coefficient (Wildman–Crippen LogP) is 6.00. The van der Waals surface area contributed by atoms with Gasteiger partial charge in [0, 0.05) is 5.54 Å². The molecule has 36 heavy (non-hydrogen) atoms. The fraction of sp³-hybridized carbons (Fsp3) is 0.259. The van der Waals surface area contributed by atoms with Crippen LogP contribution in [0.1, 0.15) is 45.0 Å². The van der Waals surface area contributed by atoms with E-state index in [0.29, 0.717) is 5.75 Å². The van der Waals surface area contributed by atoms with Crippen molar-refractivity contribution in [3.8, 4) is 28.4 Å². The number of carbonyl (C=O) groups is 2. The maximum atomic E-state index is 12.9. The van der Waals surface area contributed by atoms with Gasteiger partial charge in [0.25, 0.3) is 0 Å². The van der Waals surface area contributed by atoms with Gasteiger partial charge in [-0.1, -0.05) is 38.1 Å². The number of carboxylic acids is 1. The largest absolute Gasteiger partial charge is 0.497 e. The highest BCUT2D eigenvalue weighted by atomic mass is 32.2. The number of benzene rings is 3. The van der Waals surface area contributed by atoms with E-state index in [1.54, 1.807) is 40.0 Å². The zero-order chi connectivity index (χ0) is 26.9. The second-order valence-corrected chi connectivity index (χ2v) is 9.58. The van der Waals surface area contributed by atoms with E-state index < -0.39 is 28.5 Å². The molecule has 0 aliphatic carbocycles. The fourth-order valence-electron chi connectivity index (χ4n) is 3.03. The molecule has 0 saturated heterocycles.